The summed E-state index contributed by atoms with van der Waals surface area (Å²) in [5.74, 6) is -1.35. The van der Waals surface area contributed by atoms with E-state index in [0.717, 1.165) is 16.6 Å². The van der Waals surface area contributed by atoms with E-state index in [1.165, 1.54) is 26.0 Å². The molecule has 2 unspecified atom stereocenters. The van der Waals surface area contributed by atoms with Crippen LogP contribution in [0, 0.1) is 11.6 Å². The Hall–Kier alpha value is -2.42. The van der Waals surface area contributed by atoms with Gasteiger partial charge in [0.1, 0.15) is 17.3 Å². The van der Waals surface area contributed by atoms with Crippen molar-refractivity contribution < 1.29 is 17.6 Å². The molecule has 0 saturated carbocycles. The second-order valence-corrected chi connectivity index (χ2v) is 10.9. The third kappa shape index (κ3) is 4.44. The molecule has 0 amide bonds. The molecule has 2 aromatic carbocycles. The Morgan fingerprint density at radius 3 is 2.39 bits per heavy atom. The van der Waals surface area contributed by atoms with E-state index in [0.29, 0.717) is 31.6 Å². The number of likely N-dealkylation sites (tertiary alicyclic amines) is 1. The molecule has 5 rings (SSSR count). The van der Waals surface area contributed by atoms with Crippen molar-refractivity contribution in [3.63, 3.8) is 0 Å². The van der Waals surface area contributed by atoms with Crippen LogP contribution in [0.5, 0.6) is 0 Å². The van der Waals surface area contributed by atoms with Crippen LogP contribution in [-0.4, -0.2) is 58.4 Å². The number of halogens is 4. The first-order valence-electron chi connectivity index (χ1n) is 12.7. The first kappa shape index (κ1) is 25.2. The molecule has 36 heavy (non-hydrogen) atoms. The predicted molar refractivity (Wildman–Crippen MR) is 134 cm³/mol. The van der Waals surface area contributed by atoms with Gasteiger partial charge in [0.2, 0.25) is 0 Å². The third-order valence-electron chi connectivity index (χ3n) is 7.57. The van der Waals surface area contributed by atoms with Crippen molar-refractivity contribution in [3.8, 4) is 0 Å². The number of fused-ring (bicyclic) bond motifs is 3. The maximum Gasteiger partial charge on any atom is 0.131 e. The highest BCUT2D eigenvalue weighted by atomic mass is 19.1. The fourth-order valence-electron chi connectivity index (χ4n) is 6.05. The zero-order valence-electron chi connectivity index (χ0n) is 21.0. The van der Waals surface area contributed by atoms with Gasteiger partial charge in [0.25, 0.3) is 0 Å². The van der Waals surface area contributed by atoms with Gasteiger partial charge in [-0.1, -0.05) is 18.2 Å². The Bertz CT molecular complexity index is 1230. The van der Waals surface area contributed by atoms with Gasteiger partial charge in [-0.25, -0.2) is 13.2 Å². The molecule has 2 aliphatic heterocycles. The van der Waals surface area contributed by atoms with E-state index in [9.17, 15) is 8.78 Å². The SMILES string of the molecule is C[C@@H]1Cn2c(cc3ccccc32)[C@@H](c2c(F)cc(C3C(N)CN3CCCF)cc2F)N1CC(C)(C)F. The number of hydrogen-bond acceptors (Lipinski definition) is 3. The number of hydrogen-bond donors (Lipinski definition) is 1. The lowest BCUT2D eigenvalue weighted by atomic mass is 9.87. The summed E-state index contributed by atoms with van der Waals surface area (Å²) in [5, 5.41) is 0.979. The Kier molecular flexibility index (Phi) is 6.64. The normalized spacial score (nSPS) is 25.2. The van der Waals surface area contributed by atoms with Gasteiger partial charge in [-0.2, -0.15) is 0 Å². The van der Waals surface area contributed by atoms with Crippen molar-refractivity contribution in [3.05, 3.63) is 70.9 Å². The molecule has 0 radical (unpaired) electrons. The van der Waals surface area contributed by atoms with E-state index < -0.39 is 30.0 Å². The van der Waals surface area contributed by atoms with E-state index in [1.54, 1.807) is 0 Å². The summed E-state index contributed by atoms with van der Waals surface area (Å²) < 4.78 is 61.6. The highest BCUT2D eigenvalue weighted by Crippen LogP contribution is 2.43. The number of para-hydroxylation sites is 1. The van der Waals surface area contributed by atoms with Crippen molar-refractivity contribution in [2.24, 2.45) is 5.73 Å². The zero-order chi connectivity index (χ0) is 25.8. The van der Waals surface area contributed by atoms with E-state index in [4.69, 9.17) is 5.73 Å². The van der Waals surface area contributed by atoms with Crippen LogP contribution < -0.4 is 5.73 Å². The summed E-state index contributed by atoms with van der Waals surface area (Å²) >= 11 is 0. The first-order chi connectivity index (χ1) is 17.1. The average Bonchev–Trinajstić information content (AvgIpc) is 3.15. The van der Waals surface area contributed by atoms with Gasteiger partial charge in [0, 0.05) is 55.0 Å². The fourth-order valence-corrected chi connectivity index (χ4v) is 6.05. The summed E-state index contributed by atoms with van der Waals surface area (Å²) in [6.07, 6.45) is 0.352. The summed E-state index contributed by atoms with van der Waals surface area (Å²) in [7, 11) is 0. The van der Waals surface area contributed by atoms with Gasteiger partial charge in [-0.3, -0.25) is 14.2 Å². The van der Waals surface area contributed by atoms with Gasteiger partial charge in [0.15, 0.2) is 0 Å². The maximum atomic E-state index is 15.9. The van der Waals surface area contributed by atoms with Crippen molar-refractivity contribution in [1.82, 2.24) is 14.4 Å². The first-order valence-corrected chi connectivity index (χ1v) is 12.7. The molecule has 1 fully saturated rings. The molecule has 0 bridgehead atoms. The number of nitrogens with zero attached hydrogens (tertiary/aromatic N) is 3. The van der Waals surface area contributed by atoms with Crippen LogP contribution >= 0.6 is 0 Å². The lowest BCUT2D eigenvalue weighted by Gasteiger charge is -2.47. The minimum absolute atomic E-state index is 0.0332. The molecule has 8 heteroatoms. The van der Waals surface area contributed by atoms with E-state index in [-0.39, 0.29) is 30.2 Å². The van der Waals surface area contributed by atoms with E-state index in [1.807, 2.05) is 47.1 Å². The highest BCUT2D eigenvalue weighted by Gasteiger charge is 2.42. The molecule has 4 atom stereocenters. The average molecular weight is 503 g/mol. The Morgan fingerprint density at radius 1 is 1.06 bits per heavy atom. The molecular formula is C28H34F4N4. The van der Waals surface area contributed by atoms with Crippen LogP contribution in [0.15, 0.2) is 42.5 Å². The van der Waals surface area contributed by atoms with Crippen LogP contribution in [-0.2, 0) is 6.54 Å². The highest BCUT2D eigenvalue weighted by molar-refractivity contribution is 5.82. The number of nitrogens with two attached hydrogens (primary N) is 1. The molecule has 2 aliphatic rings. The smallest absolute Gasteiger partial charge is 0.131 e. The fraction of sp³-hybridized carbons (Fsp3) is 0.500. The summed E-state index contributed by atoms with van der Waals surface area (Å²) in [5.41, 5.74) is 6.73. The van der Waals surface area contributed by atoms with Crippen molar-refractivity contribution in [1.29, 1.82) is 0 Å². The number of rotatable bonds is 7. The Balaban J connectivity index is 1.61. The standard InChI is InChI=1S/C28H34F4N4/c1-17-14-35-23-8-5-4-7-18(23)13-24(35)27(36(17)16-28(2,3)32)25-20(30)11-19(12-21(25)31)26-22(33)15-34(26)10-6-9-29/h4-5,7-8,11-13,17,22,26-27H,6,9-10,14-16,33H2,1-3H3/t17-,22?,26?,27+/m1/s1. The monoisotopic (exact) mass is 502 g/mol. The van der Waals surface area contributed by atoms with Gasteiger partial charge in [-0.15, -0.1) is 0 Å². The molecule has 0 aliphatic carbocycles. The van der Waals surface area contributed by atoms with Gasteiger partial charge >= 0.3 is 0 Å². The summed E-state index contributed by atoms with van der Waals surface area (Å²) in [6, 6.07) is 11.0. The number of aromatic nitrogens is 1. The largest absolute Gasteiger partial charge is 0.341 e. The number of alkyl halides is 2. The number of benzene rings is 2. The van der Waals surface area contributed by atoms with Crippen molar-refractivity contribution in [2.45, 2.75) is 63.6 Å². The van der Waals surface area contributed by atoms with Crippen molar-refractivity contribution >= 4 is 10.9 Å². The second kappa shape index (κ2) is 9.47. The van der Waals surface area contributed by atoms with Crippen LogP contribution in [0.1, 0.15) is 56.1 Å². The molecule has 1 saturated heterocycles. The minimum atomic E-state index is -1.55. The summed E-state index contributed by atoms with van der Waals surface area (Å²) in [4.78, 5) is 3.83. The van der Waals surface area contributed by atoms with Crippen LogP contribution in [0.25, 0.3) is 10.9 Å². The molecule has 3 aromatic rings. The lowest BCUT2D eigenvalue weighted by Crippen LogP contribution is -2.58. The minimum Gasteiger partial charge on any atom is -0.341 e. The molecule has 2 N–H and O–H groups in total. The van der Waals surface area contributed by atoms with E-state index in [2.05, 4.69) is 4.57 Å². The molecule has 0 spiro atoms. The summed E-state index contributed by atoms with van der Waals surface area (Å²) in [6.45, 7) is 6.17. The molecule has 194 valence electrons. The van der Waals surface area contributed by atoms with Crippen LogP contribution in [0.3, 0.4) is 0 Å². The predicted octanol–water partition coefficient (Wildman–Crippen LogP) is 5.50. The van der Waals surface area contributed by atoms with Crippen LogP contribution in [0.2, 0.25) is 0 Å². The molecule has 4 nitrogen and oxygen atoms in total. The molecular weight excluding hydrogens is 468 g/mol. The second-order valence-electron chi connectivity index (χ2n) is 10.9. The Labute approximate surface area is 209 Å². The maximum absolute atomic E-state index is 15.9. The quantitative estimate of drug-likeness (QED) is 0.434. The topological polar surface area (TPSA) is 37.4 Å². The molecule has 3 heterocycles. The Morgan fingerprint density at radius 2 is 1.75 bits per heavy atom. The van der Waals surface area contributed by atoms with Gasteiger partial charge < -0.3 is 10.3 Å². The van der Waals surface area contributed by atoms with E-state index >= 15 is 8.78 Å². The molecule has 1 aromatic heterocycles. The lowest BCUT2D eigenvalue weighted by molar-refractivity contribution is 0.0499. The van der Waals surface area contributed by atoms with Crippen LogP contribution in [0.4, 0.5) is 17.6 Å². The zero-order valence-corrected chi connectivity index (χ0v) is 21.0. The third-order valence-corrected chi connectivity index (χ3v) is 7.57. The van der Waals surface area contributed by atoms with Crippen molar-refractivity contribution in [2.75, 3.05) is 26.3 Å². The van der Waals surface area contributed by atoms with Gasteiger partial charge in [-0.05, 0) is 62.4 Å². The van der Waals surface area contributed by atoms with Gasteiger partial charge in [0.05, 0.1) is 18.8 Å².